The highest BCUT2D eigenvalue weighted by molar-refractivity contribution is 7.71. The van der Waals surface area contributed by atoms with Gasteiger partial charge in [-0.1, -0.05) is 32.9 Å². The molecule has 0 amide bonds. The van der Waals surface area contributed by atoms with Crippen LogP contribution in [0.2, 0.25) is 0 Å². The van der Waals surface area contributed by atoms with E-state index < -0.39 is 0 Å². The van der Waals surface area contributed by atoms with E-state index in [1.807, 2.05) is 32.9 Å². The molecule has 102 valence electrons. The van der Waals surface area contributed by atoms with Crippen molar-refractivity contribution in [3.8, 4) is 6.07 Å². The molecule has 1 N–H and O–H groups in total. The van der Waals surface area contributed by atoms with Gasteiger partial charge in [0, 0.05) is 5.41 Å². The standard InChI is InChI=1S/C14H15N5S/c1-14(2,3)12-17-18-13(20)19(12)16-9-11-6-4-10(8-15)5-7-11/h4-7,9H,1-3H3,(H,18,20)/b16-9-. The molecule has 20 heavy (non-hydrogen) atoms. The fourth-order valence-corrected chi connectivity index (χ4v) is 1.83. The van der Waals surface area contributed by atoms with Gasteiger partial charge in [-0.15, -0.1) is 0 Å². The topological polar surface area (TPSA) is 69.8 Å². The molecule has 1 heterocycles. The lowest BCUT2D eigenvalue weighted by Crippen LogP contribution is -2.17. The summed E-state index contributed by atoms with van der Waals surface area (Å²) in [4.78, 5) is 0. The fraction of sp³-hybridized carbons (Fsp3) is 0.286. The number of aromatic amines is 1. The molecule has 0 radical (unpaired) electrons. The third kappa shape index (κ3) is 3.00. The minimum atomic E-state index is -0.157. The highest BCUT2D eigenvalue weighted by Crippen LogP contribution is 2.19. The third-order valence-corrected chi connectivity index (χ3v) is 2.95. The van der Waals surface area contributed by atoms with E-state index in [2.05, 4.69) is 21.4 Å². The molecule has 0 aliphatic heterocycles. The Kier molecular flexibility index (Phi) is 3.81. The molecule has 5 nitrogen and oxygen atoms in total. The van der Waals surface area contributed by atoms with Crippen LogP contribution in [0.4, 0.5) is 0 Å². The van der Waals surface area contributed by atoms with Gasteiger partial charge in [0.2, 0.25) is 4.77 Å². The first kappa shape index (κ1) is 14.2. The molecule has 0 aliphatic carbocycles. The summed E-state index contributed by atoms with van der Waals surface area (Å²) in [6.45, 7) is 6.14. The first-order chi connectivity index (χ1) is 9.41. The maximum atomic E-state index is 8.76. The van der Waals surface area contributed by atoms with Crippen LogP contribution in [0.5, 0.6) is 0 Å². The van der Waals surface area contributed by atoms with Gasteiger partial charge in [0.15, 0.2) is 5.82 Å². The number of hydrogen-bond donors (Lipinski definition) is 1. The van der Waals surface area contributed by atoms with Crippen molar-refractivity contribution in [1.82, 2.24) is 14.9 Å². The van der Waals surface area contributed by atoms with Gasteiger partial charge in [0.25, 0.3) is 0 Å². The molecular formula is C14H15N5S. The smallest absolute Gasteiger partial charge is 0.216 e. The van der Waals surface area contributed by atoms with Crippen molar-refractivity contribution in [2.24, 2.45) is 5.10 Å². The second-order valence-corrected chi connectivity index (χ2v) is 5.78. The zero-order valence-corrected chi connectivity index (χ0v) is 12.4. The zero-order valence-electron chi connectivity index (χ0n) is 11.6. The van der Waals surface area contributed by atoms with Crippen LogP contribution in [0.3, 0.4) is 0 Å². The average Bonchev–Trinajstić information content (AvgIpc) is 2.78. The van der Waals surface area contributed by atoms with Crippen molar-refractivity contribution in [3.05, 3.63) is 46.0 Å². The predicted octanol–water partition coefficient (Wildman–Crippen LogP) is 2.99. The maximum Gasteiger partial charge on any atom is 0.216 e. The summed E-state index contributed by atoms with van der Waals surface area (Å²) in [7, 11) is 0. The van der Waals surface area contributed by atoms with Gasteiger partial charge in [-0.05, 0) is 29.9 Å². The molecule has 2 aromatic rings. The molecule has 1 aromatic carbocycles. The van der Waals surface area contributed by atoms with Gasteiger partial charge < -0.3 is 0 Å². The van der Waals surface area contributed by atoms with E-state index >= 15 is 0 Å². The van der Waals surface area contributed by atoms with Crippen LogP contribution in [0.15, 0.2) is 29.4 Å². The van der Waals surface area contributed by atoms with Crippen molar-refractivity contribution in [2.45, 2.75) is 26.2 Å². The number of nitriles is 1. The average molecular weight is 285 g/mol. The lowest BCUT2D eigenvalue weighted by Gasteiger charge is -2.15. The number of benzene rings is 1. The Morgan fingerprint density at radius 1 is 1.35 bits per heavy atom. The van der Waals surface area contributed by atoms with Crippen LogP contribution < -0.4 is 0 Å². The molecule has 1 aromatic heterocycles. The van der Waals surface area contributed by atoms with Gasteiger partial charge in [-0.25, -0.2) is 0 Å². The maximum absolute atomic E-state index is 8.76. The van der Waals surface area contributed by atoms with E-state index in [9.17, 15) is 0 Å². The van der Waals surface area contributed by atoms with E-state index in [1.54, 1.807) is 23.0 Å². The van der Waals surface area contributed by atoms with E-state index in [-0.39, 0.29) is 5.41 Å². The summed E-state index contributed by atoms with van der Waals surface area (Å²) in [5.74, 6) is 0.771. The Morgan fingerprint density at radius 2 is 2.00 bits per heavy atom. The van der Waals surface area contributed by atoms with Gasteiger partial charge in [0.05, 0.1) is 17.8 Å². The van der Waals surface area contributed by atoms with Crippen molar-refractivity contribution in [3.63, 3.8) is 0 Å². The van der Waals surface area contributed by atoms with E-state index in [1.165, 1.54) is 0 Å². The summed E-state index contributed by atoms with van der Waals surface area (Å²) in [5, 5.41) is 20.1. The highest BCUT2D eigenvalue weighted by atomic mass is 32.1. The summed E-state index contributed by atoms with van der Waals surface area (Å²) in [6.07, 6.45) is 1.70. The van der Waals surface area contributed by atoms with Gasteiger partial charge in [-0.2, -0.15) is 20.1 Å². The number of rotatable bonds is 2. The Bertz CT molecular complexity index is 723. The predicted molar refractivity (Wildman–Crippen MR) is 80.3 cm³/mol. The Balaban J connectivity index is 2.34. The van der Waals surface area contributed by atoms with Gasteiger partial charge in [0.1, 0.15) is 0 Å². The quantitative estimate of drug-likeness (QED) is 0.681. The molecule has 0 spiro atoms. The number of nitrogens with one attached hydrogen (secondary N) is 1. The molecule has 0 atom stereocenters. The highest BCUT2D eigenvalue weighted by Gasteiger charge is 2.21. The zero-order chi connectivity index (χ0) is 14.8. The monoisotopic (exact) mass is 285 g/mol. The fourth-order valence-electron chi connectivity index (χ4n) is 1.65. The van der Waals surface area contributed by atoms with Crippen LogP contribution in [-0.4, -0.2) is 21.1 Å². The van der Waals surface area contributed by atoms with Crippen molar-refractivity contribution in [1.29, 1.82) is 5.26 Å². The lowest BCUT2D eigenvalue weighted by atomic mass is 9.96. The summed E-state index contributed by atoms with van der Waals surface area (Å²) < 4.78 is 2.08. The van der Waals surface area contributed by atoms with Crippen LogP contribution >= 0.6 is 12.2 Å². The molecule has 0 aliphatic rings. The Morgan fingerprint density at radius 3 is 2.55 bits per heavy atom. The Hall–Kier alpha value is -2.26. The van der Waals surface area contributed by atoms with Crippen LogP contribution in [0.25, 0.3) is 0 Å². The van der Waals surface area contributed by atoms with Gasteiger partial charge >= 0.3 is 0 Å². The van der Waals surface area contributed by atoms with Crippen LogP contribution in [0, 0.1) is 16.1 Å². The number of aromatic nitrogens is 3. The van der Waals surface area contributed by atoms with Gasteiger partial charge in [-0.3, -0.25) is 5.10 Å². The normalized spacial score (nSPS) is 11.7. The van der Waals surface area contributed by atoms with E-state index in [0.29, 0.717) is 10.3 Å². The Labute approximate surface area is 122 Å². The molecule has 0 saturated carbocycles. The minimum Gasteiger partial charge on any atom is -0.250 e. The first-order valence-corrected chi connectivity index (χ1v) is 6.55. The summed E-state index contributed by atoms with van der Waals surface area (Å²) >= 11 is 5.18. The summed E-state index contributed by atoms with van der Waals surface area (Å²) in [6, 6.07) is 9.25. The van der Waals surface area contributed by atoms with Crippen molar-refractivity contribution >= 4 is 18.4 Å². The second kappa shape index (κ2) is 5.39. The van der Waals surface area contributed by atoms with E-state index in [0.717, 1.165) is 11.4 Å². The first-order valence-electron chi connectivity index (χ1n) is 6.14. The molecular weight excluding hydrogens is 270 g/mol. The molecule has 6 heteroatoms. The lowest BCUT2D eigenvalue weighted by molar-refractivity contribution is 0.516. The minimum absolute atomic E-state index is 0.157. The third-order valence-electron chi connectivity index (χ3n) is 2.68. The summed E-state index contributed by atoms with van der Waals surface area (Å²) in [5.41, 5.74) is 1.36. The van der Waals surface area contributed by atoms with Crippen LogP contribution in [-0.2, 0) is 5.41 Å². The van der Waals surface area contributed by atoms with E-state index in [4.69, 9.17) is 17.5 Å². The molecule has 2 rings (SSSR count). The van der Waals surface area contributed by atoms with Crippen molar-refractivity contribution < 1.29 is 0 Å². The number of hydrogen-bond acceptors (Lipinski definition) is 4. The number of H-pyrrole nitrogens is 1. The van der Waals surface area contributed by atoms with Crippen LogP contribution in [0.1, 0.15) is 37.7 Å². The van der Waals surface area contributed by atoms with Crippen molar-refractivity contribution in [2.75, 3.05) is 0 Å². The SMILES string of the molecule is CC(C)(C)c1n[nH]c(=S)n1/N=C\c1ccc(C#N)cc1. The molecule has 0 saturated heterocycles. The second-order valence-electron chi connectivity index (χ2n) is 5.39. The number of nitrogens with zero attached hydrogens (tertiary/aromatic N) is 4. The largest absolute Gasteiger partial charge is 0.250 e. The molecule has 0 bridgehead atoms. The molecule has 0 fully saturated rings. The molecule has 0 unspecified atom stereocenters.